The fraction of sp³-hybridized carbons (Fsp3) is 0.333. The Morgan fingerprint density at radius 3 is 2.80 bits per heavy atom. The lowest BCUT2D eigenvalue weighted by molar-refractivity contribution is 0.157. The summed E-state index contributed by atoms with van der Waals surface area (Å²) in [5.41, 5.74) is 2.73. The van der Waals surface area contributed by atoms with Crippen LogP contribution in [0.4, 0.5) is 0 Å². The van der Waals surface area contributed by atoms with Gasteiger partial charge in [0.2, 0.25) is 0 Å². The van der Waals surface area contributed by atoms with Gasteiger partial charge in [-0.25, -0.2) is 0 Å². The monoisotopic (exact) mass is 338 g/mol. The lowest BCUT2D eigenvalue weighted by Crippen LogP contribution is -2.28. The lowest BCUT2D eigenvalue weighted by Gasteiger charge is -2.32. The molecule has 0 radical (unpaired) electrons. The Balaban J connectivity index is 1.65. The van der Waals surface area contributed by atoms with Gasteiger partial charge in [-0.3, -0.25) is 0 Å². The van der Waals surface area contributed by atoms with Gasteiger partial charge < -0.3 is 19.3 Å². The minimum Gasteiger partial charge on any atom is -0.508 e. The number of methoxy groups -OCH3 is 1. The van der Waals surface area contributed by atoms with Crippen LogP contribution in [0.1, 0.15) is 36.5 Å². The lowest BCUT2D eigenvalue weighted by atomic mass is 9.88. The molecule has 2 aliphatic heterocycles. The van der Waals surface area contributed by atoms with Crippen molar-refractivity contribution in [2.24, 2.45) is 0 Å². The van der Waals surface area contributed by atoms with Gasteiger partial charge in [-0.15, -0.1) is 0 Å². The molecule has 4 nitrogen and oxygen atoms in total. The highest BCUT2D eigenvalue weighted by molar-refractivity contribution is 5.69. The summed E-state index contributed by atoms with van der Waals surface area (Å²) in [5, 5.41) is 10.3. The maximum Gasteiger partial charge on any atom is 0.133 e. The van der Waals surface area contributed by atoms with Gasteiger partial charge in [0, 0.05) is 17.5 Å². The predicted octanol–water partition coefficient (Wildman–Crippen LogP) is 4.30. The van der Waals surface area contributed by atoms with Crippen molar-refractivity contribution in [3.8, 4) is 23.0 Å². The van der Waals surface area contributed by atoms with Crippen molar-refractivity contribution in [3.05, 3.63) is 53.1 Å². The number of hydrogen-bond donors (Lipinski definition) is 1. The van der Waals surface area contributed by atoms with E-state index < -0.39 is 0 Å². The molecule has 0 saturated heterocycles. The molecule has 1 atom stereocenters. The Morgan fingerprint density at radius 1 is 1.20 bits per heavy atom. The van der Waals surface area contributed by atoms with E-state index in [0.717, 1.165) is 34.6 Å². The van der Waals surface area contributed by atoms with Crippen LogP contribution >= 0.6 is 0 Å². The summed E-state index contributed by atoms with van der Waals surface area (Å²) in [5.74, 6) is 2.77. The third-order valence-corrected chi connectivity index (χ3v) is 4.83. The molecule has 0 aromatic heterocycles. The molecule has 1 N–H and O–H groups in total. The van der Waals surface area contributed by atoms with Crippen LogP contribution in [0.3, 0.4) is 0 Å². The van der Waals surface area contributed by atoms with E-state index in [-0.39, 0.29) is 17.3 Å². The molecular weight excluding hydrogens is 316 g/mol. The number of hydrogen-bond acceptors (Lipinski definition) is 4. The molecule has 2 heterocycles. The van der Waals surface area contributed by atoms with Crippen molar-refractivity contribution in [1.29, 1.82) is 0 Å². The van der Waals surface area contributed by atoms with Crippen molar-refractivity contribution < 1.29 is 19.3 Å². The first kappa shape index (κ1) is 15.9. The van der Waals surface area contributed by atoms with E-state index in [1.165, 1.54) is 0 Å². The molecule has 4 rings (SSSR count). The topological polar surface area (TPSA) is 47.9 Å². The Morgan fingerprint density at radius 2 is 2.04 bits per heavy atom. The molecule has 4 heteroatoms. The molecule has 2 aromatic carbocycles. The van der Waals surface area contributed by atoms with E-state index >= 15 is 0 Å². The van der Waals surface area contributed by atoms with Crippen LogP contribution in [0.25, 0.3) is 6.08 Å². The molecule has 25 heavy (non-hydrogen) atoms. The van der Waals surface area contributed by atoms with Crippen LogP contribution < -0.4 is 14.2 Å². The number of benzene rings is 2. The molecule has 0 spiro atoms. The molecule has 0 amide bonds. The van der Waals surface area contributed by atoms with Crippen LogP contribution in [-0.4, -0.2) is 24.4 Å². The minimum absolute atomic E-state index is 0.112. The van der Waals surface area contributed by atoms with Crippen molar-refractivity contribution >= 4 is 6.08 Å². The van der Waals surface area contributed by atoms with Gasteiger partial charge in [0.05, 0.1) is 19.3 Å². The van der Waals surface area contributed by atoms with Gasteiger partial charge >= 0.3 is 0 Å². The van der Waals surface area contributed by atoms with E-state index in [0.29, 0.717) is 12.4 Å². The van der Waals surface area contributed by atoms with Gasteiger partial charge in [0.1, 0.15) is 28.6 Å². The quantitative estimate of drug-likeness (QED) is 0.887. The summed E-state index contributed by atoms with van der Waals surface area (Å²) in [6.07, 6.45) is 4.96. The Labute approximate surface area is 147 Å². The Kier molecular flexibility index (Phi) is 3.64. The first-order valence-electron chi connectivity index (χ1n) is 8.51. The van der Waals surface area contributed by atoms with Crippen LogP contribution in [0.2, 0.25) is 0 Å². The summed E-state index contributed by atoms with van der Waals surface area (Å²) in [4.78, 5) is 0. The third kappa shape index (κ3) is 2.82. The summed E-state index contributed by atoms with van der Waals surface area (Å²) < 4.78 is 17.3. The molecular formula is C21H22O4. The second kappa shape index (κ2) is 5.73. The van der Waals surface area contributed by atoms with Crippen LogP contribution in [0.5, 0.6) is 23.0 Å². The zero-order chi connectivity index (χ0) is 17.6. The van der Waals surface area contributed by atoms with E-state index in [2.05, 4.69) is 18.2 Å². The highest BCUT2D eigenvalue weighted by Crippen LogP contribution is 2.44. The Bertz CT molecular complexity index is 851. The summed E-state index contributed by atoms with van der Waals surface area (Å²) >= 11 is 0. The average Bonchev–Trinajstić information content (AvgIpc) is 2.60. The zero-order valence-corrected chi connectivity index (χ0v) is 14.7. The molecule has 0 unspecified atom stereocenters. The van der Waals surface area contributed by atoms with E-state index in [1.54, 1.807) is 13.2 Å². The van der Waals surface area contributed by atoms with Crippen molar-refractivity contribution in [1.82, 2.24) is 0 Å². The maximum absolute atomic E-state index is 10.3. The van der Waals surface area contributed by atoms with Gasteiger partial charge in [0.25, 0.3) is 0 Å². The minimum atomic E-state index is -0.298. The molecule has 0 aliphatic carbocycles. The molecule has 0 fully saturated rings. The van der Waals surface area contributed by atoms with Crippen molar-refractivity contribution in [3.63, 3.8) is 0 Å². The molecule has 0 saturated carbocycles. The summed E-state index contributed by atoms with van der Waals surface area (Å²) in [7, 11) is 1.59. The number of rotatable bonds is 2. The van der Waals surface area contributed by atoms with E-state index in [4.69, 9.17) is 14.2 Å². The number of fused-ring (bicyclic) bond motifs is 3. The van der Waals surface area contributed by atoms with E-state index in [9.17, 15) is 5.11 Å². The largest absolute Gasteiger partial charge is 0.508 e. The number of aromatic hydroxyl groups is 1. The number of phenols is 1. The van der Waals surface area contributed by atoms with Crippen molar-refractivity contribution in [2.75, 3.05) is 13.7 Å². The Hall–Kier alpha value is -2.62. The maximum atomic E-state index is 10.3. The first-order valence-corrected chi connectivity index (χ1v) is 8.51. The highest BCUT2D eigenvalue weighted by Gasteiger charge is 2.29. The first-order chi connectivity index (χ1) is 12.0. The molecule has 130 valence electrons. The van der Waals surface area contributed by atoms with Gasteiger partial charge in [-0.1, -0.05) is 12.1 Å². The molecule has 2 aromatic rings. The second-order valence-electron chi connectivity index (χ2n) is 7.14. The summed E-state index contributed by atoms with van der Waals surface area (Å²) in [6, 6.07) is 9.51. The third-order valence-electron chi connectivity index (χ3n) is 4.83. The summed E-state index contributed by atoms with van der Waals surface area (Å²) in [6.45, 7) is 4.60. The average molecular weight is 338 g/mol. The standard InChI is InChI=1S/C21H22O4/c1-21(2)9-8-17-19(25-21)7-4-13-10-14(12-24-20(13)17)16-6-5-15(23-3)11-18(16)22/h4-9,11,14,22H,10,12H2,1-3H3/t14-/m0/s1. The fourth-order valence-electron chi connectivity index (χ4n) is 3.51. The van der Waals surface area contributed by atoms with Crippen LogP contribution in [-0.2, 0) is 6.42 Å². The second-order valence-corrected chi connectivity index (χ2v) is 7.14. The SMILES string of the molecule is COc1ccc([C@@H]2COc3c(ccc4c3C=CC(C)(C)O4)C2)c(O)c1. The molecule has 0 bridgehead atoms. The van der Waals surface area contributed by atoms with Crippen molar-refractivity contribution in [2.45, 2.75) is 31.8 Å². The fourth-order valence-corrected chi connectivity index (χ4v) is 3.51. The van der Waals surface area contributed by atoms with E-state index in [1.807, 2.05) is 32.0 Å². The van der Waals surface area contributed by atoms with Crippen LogP contribution in [0.15, 0.2) is 36.4 Å². The van der Waals surface area contributed by atoms with Gasteiger partial charge in [-0.2, -0.15) is 0 Å². The number of phenolic OH excluding ortho intramolecular Hbond substituents is 1. The van der Waals surface area contributed by atoms with Gasteiger partial charge in [-0.05, 0) is 50.1 Å². The normalized spacial score (nSPS) is 20.0. The number of ether oxygens (including phenoxy) is 3. The van der Waals surface area contributed by atoms with Gasteiger partial charge in [0.15, 0.2) is 0 Å². The predicted molar refractivity (Wildman–Crippen MR) is 96.8 cm³/mol. The van der Waals surface area contributed by atoms with Crippen LogP contribution in [0, 0.1) is 0 Å². The zero-order valence-electron chi connectivity index (χ0n) is 14.7. The molecule has 2 aliphatic rings. The smallest absolute Gasteiger partial charge is 0.133 e. The highest BCUT2D eigenvalue weighted by atomic mass is 16.5.